The zero-order valence-corrected chi connectivity index (χ0v) is 9.22. The molecule has 0 fully saturated rings. The summed E-state index contributed by atoms with van der Waals surface area (Å²) in [4.78, 5) is 33.5. The van der Waals surface area contributed by atoms with Gasteiger partial charge in [-0.3, -0.25) is 0 Å². The fraction of sp³-hybridized carbons (Fsp3) is 0. The predicted octanol–water partition coefficient (Wildman–Crippen LogP) is -0.385. The Morgan fingerprint density at radius 2 is 0.333 bits per heavy atom. The van der Waals surface area contributed by atoms with Crippen molar-refractivity contribution in [2.45, 2.75) is 0 Å². The lowest BCUT2D eigenvalue weighted by atomic mass is 11.1. The first-order valence-electron chi connectivity index (χ1n) is 4.65. The van der Waals surface area contributed by atoms with Gasteiger partial charge < -0.3 is 0 Å². The Kier molecular flexibility index (Phi) is 7.67. The molecule has 9 nitrogen and oxygen atoms in total. The molecule has 18 heavy (non-hydrogen) atoms. The molecule has 1 heterocycles. The van der Waals surface area contributed by atoms with Gasteiger partial charge in [-0.1, -0.05) is 0 Å². The number of aromatic nitrogens is 9. The van der Waals surface area contributed by atoms with Crippen LogP contribution in [0.1, 0.15) is 0 Å². The highest BCUT2D eigenvalue weighted by atomic mass is 14.9. The smallest absolute Gasteiger partial charge is 0.119 e. The maximum absolute atomic E-state index is 3.72. The molecule has 1 aromatic rings. The Morgan fingerprint density at radius 1 is 0.222 bits per heavy atom. The second-order valence-corrected chi connectivity index (χ2v) is 2.38. The molecule has 0 unspecified atom stereocenters. The molecule has 0 saturated heterocycles. The van der Waals surface area contributed by atoms with E-state index in [0.29, 0.717) is 0 Å². The van der Waals surface area contributed by atoms with Crippen LogP contribution in [0.25, 0.3) is 0 Å². The van der Waals surface area contributed by atoms with Gasteiger partial charge in [-0.2, -0.15) is 0 Å². The number of hydrogen-bond donors (Lipinski definition) is 0. The van der Waals surface area contributed by atoms with Gasteiger partial charge in [0.05, 0.1) is 0 Å². The second kappa shape index (κ2) is 10.5. The van der Waals surface area contributed by atoms with Crippen molar-refractivity contribution in [3.05, 3.63) is 56.9 Å². The van der Waals surface area contributed by atoms with E-state index in [9.17, 15) is 0 Å². The lowest BCUT2D eigenvalue weighted by molar-refractivity contribution is 1.05. The van der Waals surface area contributed by atoms with E-state index >= 15 is 0 Å². The molecule has 0 amide bonds. The predicted molar refractivity (Wildman–Crippen MR) is 59.5 cm³/mol. The van der Waals surface area contributed by atoms with Crippen molar-refractivity contribution in [1.82, 2.24) is 44.9 Å². The van der Waals surface area contributed by atoms with E-state index in [4.69, 9.17) is 0 Å². The Balaban J connectivity index is 3.00. The summed E-state index contributed by atoms with van der Waals surface area (Å²) in [5, 5.41) is 0. The maximum Gasteiger partial charge on any atom is 0.119 e. The van der Waals surface area contributed by atoms with Crippen LogP contribution >= 0.6 is 0 Å². The lowest BCUT2D eigenvalue weighted by Gasteiger charge is -1.69. The molecule has 0 aliphatic heterocycles. The molecule has 0 atom stereocenters. The highest BCUT2D eigenvalue weighted by molar-refractivity contribution is 4.52. The lowest BCUT2D eigenvalue weighted by Crippen LogP contribution is -1.73. The molecule has 9 heteroatoms. The third kappa shape index (κ3) is 8.35. The number of rotatable bonds is 0. The first kappa shape index (κ1) is 13.1. The van der Waals surface area contributed by atoms with Crippen molar-refractivity contribution in [3.8, 4) is 0 Å². The Hall–Kier alpha value is -2.97. The van der Waals surface area contributed by atoms with E-state index < -0.39 is 0 Å². The van der Waals surface area contributed by atoms with Crippen LogP contribution in [0.3, 0.4) is 0 Å². The van der Waals surface area contributed by atoms with E-state index in [2.05, 4.69) is 44.9 Å². The molecule has 0 saturated carbocycles. The second-order valence-electron chi connectivity index (χ2n) is 2.38. The maximum atomic E-state index is 3.72. The van der Waals surface area contributed by atoms with Crippen molar-refractivity contribution in [1.29, 1.82) is 0 Å². The zero-order chi connectivity index (χ0) is 12.7. The van der Waals surface area contributed by atoms with Crippen LogP contribution in [0, 0.1) is 0 Å². The molecule has 0 N–H and O–H groups in total. The summed E-state index contributed by atoms with van der Waals surface area (Å²) >= 11 is 0. The van der Waals surface area contributed by atoms with Crippen molar-refractivity contribution < 1.29 is 0 Å². The average Bonchev–Trinajstić information content (AvgIpc) is 2.39. The quantitative estimate of drug-likeness (QED) is 0.600. The van der Waals surface area contributed by atoms with Crippen LogP contribution in [0.15, 0.2) is 56.9 Å². The Labute approximate surface area is 103 Å². The van der Waals surface area contributed by atoms with Gasteiger partial charge in [-0.05, 0) is 0 Å². The minimum absolute atomic E-state index is 1.28. The molecule has 0 spiro atoms. The minimum Gasteiger partial charge on any atom is -0.225 e. The van der Waals surface area contributed by atoms with Gasteiger partial charge in [0.15, 0.2) is 0 Å². The van der Waals surface area contributed by atoms with E-state index in [1.807, 2.05) is 0 Å². The molecular weight excluding hydrogens is 234 g/mol. The van der Waals surface area contributed by atoms with Crippen LogP contribution in [-0.2, 0) is 0 Å². The normalized spacial score (nSPS) is 8.00. The van der Waals surface area contributed by atoms with Gasteiger partial charge in [0, 0.05) is 0 Å². The Bertz CT molecular complexity index is 309. The first-order valence-corrected chi connectivity index (χ1v) is 4.65. The molecule has 0 radical (unpaired) electrons. The fourth-order valence-corrected chi connectivity index (χ4v) is 0.615. The molecule has 90 valence electrons. The molecular formula is C9H9N9. The van der Waals surface area contributed by atoms with Gasteiger partial charge in [0.25, 0.3) is 0 Å². The van der Waals surface area contributed by atoms with E-state index in [-0.39, 0.29) is 0 Å². The van der Waals surface area contributed by atoms with Crippen molar-refractivity contribution in [2.75, 3.05) is 0 Å². The highest BCUT2D eigenvalue weighted by Crippen LogP contribution is 1.58. The summed E-state index contributed by atoms with van der Waals surface area (Å²) in [7, 11) is 0. The highest BCUT2D eigenvalue weighted by Gasteiger charge is 1.60. The van der Waals surface area contributed by atoms with Crippen LogP contribution in [0.4, 0.5) is 0 Å². The average molecular weight is 243 g/mol. The molecule has 0 bridgehead atoms. The SMILES string of the molecule is c1ncncncncncncncncn1. The largest absolute Gasteiger partial charge is 0.225 e. The first-order chi connectivity index (χ1) is 9.00. The standard InChI is InChI=1S/C9H9N9/c1-10-2-12-4-14-6-16-8-18-9-17-7-15-5-13-3-11-1/h1-9H. The van der Waals surface area contributed by atoms with Gasteiger partial charge in [0.1, 0.15) is 56.9 Å². The van der Waals surface area contributed by atoms with Gasteiger partial charge in [0.2, 0.25) is 0 Å². The fourth-order valence-electron chi connectivity index (χ4n) is 0.615. The summed E-state index contributed by atoms with van der Waals surface area (Å²) < 4.78 is 0. The Morgan fingerprint density at radius 3 is 0.444 bits per heavy atom. The van der Waals surface area contributed by atoms with Gasteiger partial charge in [-0.15, -0.1) is 0 Å². The minimum atomic E-state index is 1.28. The molecule has 1 rings (SSSR count). The van der Waals surface area contributed by atoms with E-state index in [1.165, 1.54) is 56.9 Å². The number of nitrogens with zero attached hydrogens (tertiary/aromatic N) is 9. The monoisotopic (exact) mass is 243 g/mol. The van der Waals surface area contributed by atoms with Gasteiger partial charge >= 0.3 is 0 Å². The topological polar surface area (TPSA) is 116 Å². The zero-order valence-electron chi connectivity index (χ0n) is 9.22. The van der Waals surface area contributed by atoms with E-state index in [1.54, 1.807) is 0 Å². The van der Waals surface area contributed by atoms with Crippen LogP contribution in [-0.4, -0.2) is 44.9 Å². The van der Waals surface area contributed by atoms with Gasteiger partial charge in [-0.25, -0.2) is 44.9 Å². The van der Waals surface area contributed by atoms with Crippen LogP contribution < -0.4 is 0 Å². The van der Waals surface area contributed by atoms with Crippen molar-refractivity contribution in [2.24, 2.45) is 0 Å². The van der Waals surface area contributed by atoms with Crippen molar-refractivity contribution in [3.63, 3.8) is 0 Å². The summed E-state index contributed by atoms with van der Waals surface area (Å²) in [5.74, 6) is 0. The summed E-state index contributed by atoms with van der Waals surface area (Å²) in [5.41, 5.74) is 0. The summed E-state index contributed by atoms with van der Waals surface area (Å²) in [6, 6.07) is 0. The molecule has 0 aliphatic carbocycles. The third-order valence-electron chi connectivity index (χ3n) is 1.20. The molecule has 0 aliphatic rings. The van der Waals surface area contributed by atoms with Crippen LogP contribution in [0.5, 0.6) is 0 Å². The molecule has 1 aromatic heterocycles. The summed E-state index contributed by atoms with van der Waals surface area (Å²) in [6.45, 7) is 0. The van der Waals surface area contributed by atoms with Crippen LogP contribution in [0.2, 0.25) is 0 Å². The van der Waals surface area contributed by atoms with E-state index in [0.717, 1.165) is 0 Å². The van der Waals surface area contributed by atoms with Crippen molar-refractivity contribution >= 4 is 0 Å². The molecule has 0 aromatic carbocycles. The summed E-state index contributed by atoms with van der Waals surface area (Å²) in [6.07, 6.45) is 11.5. The number of hydrogen-bond acceptors (Lipinski definition) is 9. The third-order valence-corrected chi connectivity index (χ3v) is 1.20.